The molecule has 1 unspecified atom stereocenters. The highest BCUT2D eigenvalue weighted by Gasteiger charge is 2.12. The lowest BCUT2D eigenvalue weighted by molar-refractivity contribution is 0.0952. The summed E-state index contributed by atoms with van der Waals surface area (Å²) < 4.78 is 2.32. The lowest BCUT2D eigenvalue weighted by atomic mass is 9.97. The number of para-hydroxylation sites is 2. The summed E-state index contributed by atoms with van der Waals surface area (Å²) >= 11 is 0. The molecule has 0 aliphatic carbocycles. The van der Waals surface area contributed by atoms with E-state index in [0.29, 0.717) is 12.5 Å². The minimum absolute atomic E-state index is 0.0111. The summed E-state index contributed by atoms with van der Waals surface area (Å²) in [6.07, 6.45) is 2.80. The smallest absolute Gasteiger partial charge is 0.251 e. The maximum absolute atomic E-state index is 12.5. The Labute approximate surface area is 196 Å². The number of benzene rings is 3. The standard InChI is InChI=1S/C29H33N3O/c1-4-21(2)24-17-15-23(16-18-24)20-32-27-13-8-7-12-26(27)31-28(32)14-9-19-30-29(33)25-11-6-5-10-22(25)3/h5-8,10-13,15-18,21H,4,9,14,19-20H2,1-3H3,(H,30,33). The lowest BCUT2D eigenvalue weighted by Crippen LogP contribution is -2.25. The first kappa shape index (κ1) is 22.8. The third-order valence-electron chi connectivity index (χ3n) is 6.49. The number of carbonyl (C=O) groups excluding carboxylic acids is 1. The predicted molar refractivity (Wildman–Crippen MR) is 136 cm³/mol. The lowest BCUT2D eigenvalue weighted by Gasteiger charge is -2.13. The number of fused-ring (bicyclic) bond motifs is 1. The van der Waals surface area contributed by atoms with Crippen LogP contribution in [0.25, 0.3) is 11.0 Å². The molecule has 0 aliphatic rings. The van der Waals surface area contributed by atoms with Crippen molar-refractivity contribution < 1.29 is 4.79 Å². The van der Waals surface area contributed by atoms with E-state index in [1.165, 1.54) is 11.1 Å². The Bertz CT molecular complexity index is 1220. The first-order valence-electron chi connectivity index (χ1n) is 11.9. The fraction of sp³-hybridized carbons (Fsp3) is 0.310. The van der Waals surface area contributed by atoms with Gasteiger partial charge in [-0.25, -0.2) is 4.98 Å². The van der Waals surface area contributed by atoms with Crippen molar-refractivity contribution in [1.82, 2.24) is 14.9 Å². The molecule has 4 rings (SSSR count). The third-order valence-corrected chi connectivity index (χ3v) is 6.49. The zero-order valence-corrected chi connectivity index (χ0v) is 19.8. The van der Waals surface area contributed by atoms with Gasteiger partial charge < -0.3 is 9.88 Å². The van der Waals surface area contributed by atoms with E-state index < -0.39 is 0 Å². The van der Waals surface area contributed by atoms with Gasteiger partial charge in [-0.1, -0.05) is 68.4 Å². The maximum atomic E-state index is 12.5. The largest absolute Gasteiger partial charge is 0.352 e. The van der Waals surface area contributed by atoms with E-state index in [2.05, 4.69) is 66.2 Å². The van der Waals surface area contributed by atoms with Crippen LogP contribution in [0.1, 0.15) is 65.5 Å². The van der Waals surface area contributed by atoms with Crippen molar-refractivity contribution in [3.63, 3.8) is 0 Å². The molecule has 33 heavy (non-hydrogen) atoms. The number of carbonyl (C=O) groups is 1. The van der Waals surface area contributed by atoms with Gasteiger partial charge in [-0.3, -0.25) is 4.79 Å². The molecule has 0 fully saturated rings. The van der Waals surface area contributed by atoms with Gasteiger partial charge in [0.2, 0.25) is 0 Å². The molecule has 0 aliphatic heterocycles. The quantitative estimate of drug-likeness (QED) is 0.313. The summed E-state index contributed by atoms with van der Waals surface area (Å²) in [6, 6.07) is 25.0. The number of imidazole rings is 1. The van der Waals surface area contributed by atoms with Gasteiger partial charge in [0.1, 0.15) is 5.82 Å². The number of hydrogen-bond acceptors (Lipinski definition) is 2. The Morgan fingerprint density at radius 1 is 1.00 bits per heavy atom. The zero-order chi connectivity index (χ0) is 23.2. The highest BCUT2D eigenvalue weighted by Crippen LogP contribution is 2.22. The average molecular weight is 440 g/mol. The molecule has 170 valence electrons. The summed E-state index contributed by atoms with van der Waals surface area (Å²) in [7, 11) is 0. The number of nitrogens with one attached hydrogen (secondary N) is 1. The molecule has 1 atom stereocenters. The molecule has 0 spiro atoms. The first-order valence-corrected chi connectivity index (χ1v) is 11.9. The van der Waals surface area contributed by atoms with E-state index in [1.807, 2.05) is 37.3 Å². The SMILES string of the molecule is CCC(C)c1ccc(Cn2c(CCCNC(=O)c3ccccc3C)nc3ccccc32)cc1. The Hall–Kier alpha value is -3.40. The fourth-order valence-electron chi connectivity index (χ4n) is 4.23. The molecular formula is C29H33N3O. The van der Waals surface area contributed by atoms with Crippen molar-refractivity contribution in [2.45, 2.75) is 52.5 Å². The molecule has 0 saturated carbocycles. The van der Waals surface area contributed by atoms with Crippen molar-refractivity contribution in [3.8, 4) is 0 Å². The molecule has 4 nitrogen and oxygen atoms in total. The second-order valence-electron chi connectivity index (χ2n) is 8.83. The molecule has 0 saturated heterocycles. The molecule has 1 N–H and O–H groups in total. The van der Waals surface area contributed by atoms with E-state index in [0.717, 1.165) is 53.8 Å². The summed E-state index contributed by atoms with van der Waals surface area (Å²) in [5.41, 5.74) is 6.58. The van der Waals surface area contributed by atoms with Crippen LogP contribution in [-0.4, -0.2) is 22.0 Å². The Morgan fingerprint density at radius 3 is 2.48 bits per heavy atom. The molecule has 3 aromatic carbocycles. The van der Waals surface area contributed by atoms with Crippen molar-refractivity contribution >= 4 is 16.9 Å². The molecule has 1 aromatic heterocycles. The van der Waals surface area contributed by atoms with Gasteiger partial charge in [0.15, 0.2) is 0 Å². The van der Waals surface area contributed by atoms with Gasteiger partial charge in [-0.05, 0) is 60.6 Å². The van der Waals surface area contributed by atoms with Crippen LogP contribution in [0.15, 0.2) is 72.8 Å². The van der Waals surface area contributed by atoms with E-state index in [-0.39, 0.29) is 5.91 Å². The van der Waals surface area contributed by atoms with E-state index in [1.54, 1.807) is 0 Å². The predicted octanol–water partition coefficient (Wildman–Crippen LogP) is 6.27. The fourth-order valence-corrected chi connectivity index (χ4v) is 4.23. The Kier molecular flexibility index (Phi) is 7.23. The number of aromatic nitrogens is 2. The number of hydrogen-bond donors (Lipinski definition) is 1. The first-order chi connectivity index (χ1) is 16.1. The summed E-state index contributed by atoms with van der Waals surface area (Å²) in [5.74, 6) is 1.63. The minimum atomic E-state index is -0.0111. The highest BCUT2D eigenvalue weighted by atomic mass is 16.1. The molecule has 0 radical (unpaired) electrons. The number of nitrogens with zero attached hydrogens (tertiary/aromatic N) is 2. The Balaban J connectivity index is 1.45. The highest BCUT2D eigenvalue weighted by molar-refractivity contribution is 5.95. The van der Waals surface area contributed by atoms with Crippen molar-refractivity contribution in [1.29, 1.82) is 0 Å². The van der Waals surface area contributed by atoms with E-state index in [4.69, 9.17) is 4.98 Å². The zero-order valence-electron chi connectivity index (χ0n) is 19.8. The average Bonchev–Trinajstić information content (AvgIpc) is 3.19. The van der Waals surface area contributed by atoms with E-state index >= 15 is 0 Å². The van der Waals surface area contributed by atoms with Crippen LogP contribution >= 0.6 is 0 Å². The van der Waals surface area contributed by atoms with E-state index in [9.17, 15) is 4.79 Å². The van der Waals surface area contributed by atoms with Crippen molar-refractivity contribution in [2.24, 2.45) is 0 Å². The topological polar surface area (TPSA) is 46.9 Å². The maximum Gasteiger partial charge on any atom is 0.251 e. The van der Waals surface area contributed by atoms with Crippen LogP contribution in [-0.2, 0) is 13.0 Å². The van der Waals surface area contributed by atoms with Gasteiger partial charge in [0.05, 0.1) is 11.0 Å². The van der Waals surface area contributed by atoms with Crippen LogP contribution in [0.4, 0.5) is 0 Å². The number of rotatable bonds is 9. The monoisotopic (exact) mass is 439 g/mol. The second-order valence-corrected chi connectivity index (χ2v) is 8.83. The second kappa shape index (κ2) is 10.5. The van der Waals surface area contributed by atoms with Crippen LogP contribution in [0, 0.1) is 6.92 Å². The number of amides is 1. The number of aryl methyl sites for hydroxylation is 2. The Morgan fingerprint density at radius 2 is 1.73 bits per heavy atom. The summed E-state index contributed by atoms with van der Waals surface area (Å²) in [5, 5.41) is 3.06. The van der Waals surface area contributed by atoms with Crippen LogP contribution in [0.5, 0.6) is 0 Å². The summed E-state index contributed by atoms with van der Waals surface area (Å²) in [6.45, 7) is 7.89. The normalized spacial score (nSPS) is 12.1. The van der Waals surface area contributed by atoms with Crippen molar-refractivity contribution in [3.05, 3.63) is 101 Å². The van der Waals surface area contributed by atoms with Gasteiger partial charge >= 0.3 is 0 Å². The van der Waals surface area contributed by atoms with Crippen LogP contribution in [0.3, 0.4) is 0 Å². The molecular weight excluding hydrogens is 406 g/mol. The van der Waals surface area contributed by atoms with Gasteiger partial charge in [-0.15, -0.1) is 0 Å². The van der Waals surface area contributed by atoms with Crippen LogP contribution in [0.2, 0.25) is 0 Å². The minimum Gasteiger partial charge on any atom is -0.352 e. The van der Waals surface area contributed by atoms with Gasteiger partial charge in [-0.2, -0.15) is 0 Å². The molecule has 1 heterocycles. The third kappa shape index (κ3) is 5.33. The molecule has 1 amide bonds. The van der Waals surface area contributed by atoms with Crippen LogP contribution < -0.4 is 5.32 Å². The van der Waals surface area contributed by atoms with Crippen molar-refractivity contribution in [2.75, 3.05) is 6.54 Å². The summed E-state index contributed by atoms with van der Waals surface area (Å²) in [4.78, 5) is 17.4. The van der Waals surface area contributed by atoms with Gasteiger partial charge in [0, 0.05) is 25.1 Å². The molecule has 0 bridgehead atoms. The molecule has 4 aromatic rings. The molecule has 4 heteroatoms. The van der Waals surface area contributed by atoms with Gasteiger partial charge in [0.25, 0.3) is 5.91 Å².